The summed E-state index contributed by atoms with van der Waals surface area (Å²) >= 11 is 0. The fourth-order valence-corrected chi connectivity index (χ4v) is 2.50. The Hall–Kier alpha value is -1.54. The molecule has 108 valence electrons. The van der Waals surface area contributed by atoms with Crippen LogP contribution in [0.4, 0.5) is 0 Å². The van der Waals surface area contributed by atoms with Crippen molar-refractivity contribution in [2.45, 2.75) is 46.2 Å². The lowest BCUT2D eigenvalue weighted by atomic mass is 9.99. The standard InChI is InChI=1S/C18H25NO/c1-13(2)12-16-7-9-17(10-8-16)14(3)19-15(4)18-6-5-11-20-18/h5-11,13-15,19H,12H2,1-4H3/t14?,15-/m0/s1. The maximum absolute atomic E-state index is 5.43. The number of hydrogen-bond donors (Lipinski definition) is 1. The summed E-state index contributed by atoms with van der Waals surface area (Å²) in [5.41, 5.74) is 2.73. The minimum Gasteiger partial charge on any atom is -0.468 e. The number of hydrogen-bond acceptors (Lipinski definition) is 2. The number of nitrogens with one attached hydrogen (secondary N) is 1. The van der Waals surface area contributed by atoms with Crippen molar-refractivity contribution in [3.05, 3.63) is 59.5 Å². The zero-order valence-electron chi connectivity index (χ0n) is 12.9. The second-order valence-electron chi connectivity index (χ2n) is 5.97. The third-order valence-electron chi connectivity index (χ3n) is 3.59. The molecule has 1 N–H and O–H groups in total. The van der Waals surface area contributed by atoms with Gasteiger partial charge in [0.05, 0.1) is 12.3 Å². The lowest BCUT2D eigenvalue weighted by molar-refractivity contribution is 0.403. The average Bonchev–Trinajstić information content (AvgIpc) is 2.92. The van der Waals surface area contributed by atoms with Gasteiger partial charge in [-0.1, -0.05) is 38.1 Å². The van der Waals surface area contributed by atoms with Gasteiger partial charge in [0.2, 0.25) is 0 Å². The van der Waals surface area contributed by atoms with Crippen molar-refractivity contribution in [1.29, 1.82) is 0 Å². The van der Waals surface area contributed by atoms with Gasteiger partial charge in [0, 0.05) is 6.04 Å². The summed E-state index contributed by atoms with van der Waals surface area (Å²) in [5, 5.41) is 3.57. The minimum absolute atomic E-state index is 0.218. The molecule has 2 atom stereocenters. The maximum atomic E-state index is 5.43. The molecule has 1 aromatic carbocycles. The van der Waals surface area contributed by atoms with Crippen LogP contribution in [0.3, 0.4) is 0 Å². The highest BCUT2D eigenvalue weighted by Crippen LogP contribution is 2.20. The summed E-state index contributed by atoms with van der Waals surface area (Å²) in [6.07, 6.45) is 2.86. The lowest BCUT2D eigenvalue weighted by Crippen LogP contribution is -2.22. The van der Waals surface area contributed by atoms with Crippen LogP contribution in [0.25, 0.3) is 0 Å². The first-order valence-corrected chi connectivity index (χ1v) is 7.44. The van der Waals surface area contributed by atoms with Crippen molar-refractivity contribution in [2.24, 2.45) is 5.92 Å². The van der Waals surface area contributed by atoms with Crippen LogP contribution in [-0.2, 0) is 6.42 Å². The van der Waals surface area contributed by atoms with E-state index in [0.29, 0.717) is 12.0 Å². The monoisotopic (exact) mass is 271 g/mol. The molecule has 2 nitrogen and oxygen atoms in total. The Bertz CT molecular complexity index is 499. The third-order valence-corrected chi connectivity index (χ3v) is 3.59. The van der Waals surface area contributed by atoms with E-state index in [1.165, 1.54) is 11.1 Å². The Morgan fingerprint density at radius 1 is 0.950 bits per heavy atom. The molecule has 0 saturated heterocycles. The fourth-order valence-electron chi connectivity index (χ4n) is 2.50. The Morgan fingerprint density at radius 3 is 2.20 bits per heavy atom. The van der Waals surface area contributed by atoms with E-state index in [-0.39, 0.29) is 6.04 Å². The van der Waals surface area contributed by atoms with E-state index in [1.54, 1.807) is 6.26 Å². The SMILES string of the molecule is CC(C)Cc1ccc(C(C)N[C@@H](C)c2ccco2)cc1. The van der Waals surface area contributed by atoms with E-state index in [4.69, 9.17) is 4.42 Å². The van der Waals surface area contributed by atoms with Gasteiger partial charge in [0.1, 0.15) is 5.76 Å². The van der Waals surface area contributed by atoms with E-state index < -0.39 is 0 Å². The highest BCUT2D eigenvalue weighted by atomic mass is 16.3. The van der Waals surface area contributed by atoms with Crippen molar-refractivity contribution in [2.75, 3.05) is 0 Å². The molecule has 0 aliphatic rings. The molecule has 0 fully saturated rings. The van der Waals surface area contributed by atoms with Gasteiger partial charge in [-0.15, -0.1) is 0 Å². The van der Waals surface area contributed by atoms with Gasteiger partial charge in [0.15, 0.2) is 0 Å². The lowest BCUT2D eigenvalue weighted by Gasteiger charge is -2.19. The van der Waals surface area contributed by atoms with Gasteiger partial charge in [-0.25, -0.2) is 0 Å². The number of benzene rings is 1. The van der Waals surface area contributed by atoms with Crippen LogP contribution in [0.2, 0.25) is 0 Å². The molecule has 0 amide bonds. The molecule has 0 saturated carbocycles. The largest absolute Gasteiger partial charge is 0.468 e. The number of rotatable bonds is 6. The average molecular weight is 271 g/mol. The van der Waals surface area contributed by atoms with Crippen LogP contribution in [0.1, 0.15) is 56.7 Å². The van der Waals surface area contributed by atoms with Crippen LogP contribution < -0.4 is 5.32 Å². The van der Waals surface area contributed by atoms with Crippen molar-refractivity contribution in [1.82, 2.24) is 5.32 Å². The van der Waals surface area contributed by atoms with Crippen LogP contribution in [0.5, 0.6) is 0 Å². The fraction of sp³-hybridized carbons (Fsp3) is 0.444. The highest BCUT2D eigenvalue weighted by Gasteiger charge is 2.13. The van der Waals surface area contributed by atoms with Crippen molar-refractivity contribution in [3.63, 3.8) is 0 Å². The molecular weight excluding hydrogens is 246 g/mol. The summed E-state index contributed by atoms with van der Waals surface area (Å²) in [6.45, 7) is 8.83. The first-order valence-electron chi connectivity index (χ1n) is 7.44. The van der Waals surface area contributed by atoms with Gasteiger partial charge >= 0.3 is 0 Å². The maximum Gasteiger partial charge on any atom is 0.120 e. The van der Waals surface area contributed by atoms with Gasteiger partial charge in [-0.3, -0.25) is 0 Å². The van der Waals surface area contributed by atoms with Gasteiger partial charge in [-0.2, -0.15) is 0 Å². The molecule has 2 heteroatoms. The topological polar surface area (TPSA) is 25.2 Å². The Morgan fingerprint density at radius 2 is 1.65 bits per heavy atom. The summed E-state index contributed by atoms with van der Waals surface area (Å²) < 4.78 is 5.43. The molecule has 20 heavy (non-hydrogen) atoms. The summed E-state index contributed by atoms with van der Waals surface area (Å²) in [7, 11) is 0. The molecule has 0 bridgehead atoms. The van der Waals surface area contributed by atoms with E-state index >= 15 is 0 Å². The molecule has 2 aromatic rings. The highest BCUT2D eigenvalue weighted by molar-refractivity contribution is 5.25. The van der Waals surface area contributed by atoms with E-state index in [2.05, 4.69) is 57.3 Å². The molecule has 1 aromatic heterocycles. The summed E-state index contributed by atoms with van der Waals surface area (Å²) in [5.74, 6) is 1.68. The smallest absolute Gasteiger partial charge is 0.120 e. The quantitative estimate of drug-likeness (QED) is 0.809. The molecular formula is C18H25NO. The minimum atomic E-state index is 0.218. The van der Waals surface area contributed by atoms with Crippen molar-refractivity contribution >= 4 is 0 Å². The third kappa shape index (κ3) is 3.97. The van der Waals surface area contributed by atoms with Crippen LogP contribution in [0, 0.1) is 5.92 Å². The molecule has 1 unspecified atom stereocenters. The van der Waals surface area contributed by atoms with Gasteiger partial charge < -0.3 is 9.73 Å². The zero-order chi connectivity index (χ0) is 14.5. The van der Waals surface area contributed by atoms with Crippen molar-refractivity contribution < 1.29 is 4.42 Å². The Balaban J connectivity index is 1.97. The second kappa shape index (κ2) is 6.76. The normalized spacial score (nSPS) is 14.4. The van der Waals surface area contributed by atoms with Gasteiger partial charge in [-0.05, 0) is 49.4 Å². The van der Waals surface area contributed by atoms with Crippen LogP contribution in [0.15, 0.2) is 47.1 Å². The van der Waals surface area contributed by atoms with Crippen LogP contribution >= 0.6 is 0 Å². The van der Waals surface area contributed by atoms with Gasteiger partial charge in [0.25, 0.3) is 0 Å². The van der Waals surface area contributed by atoms with Crippen LogP contribution in [-0.4, -0.2) is 0 Å². The second-order valence-corrected chi connectivity index (χ2v) is 5.97. The summed E-state index contributed by atoms with van der Waals surface area (Å²) in [4.78, 5) is 0. The molecule has 2 rings (SSSR count). The Labute approximate surface area is 122 Å². The summed E-state index contributed by atoms with van der Waals surface area (Å²) in [6, 6.07) is 13.4. The van der Waals surface area contributed by atoms with E-state index in [9.17, 15) is 0 Å². The molecule has 1 heterocycles. The molecule has 0 aliphatic carbocycles. The van der Waals surface area contributed by atoms with E-state index in [1.807, 2.05) is 12.1 Å². The van der Waals surface area contributed by atoms with Crippen molar-refractivity contribution in [3.8, 4) is 0 Å². The molecule has 0 aliphatic heterocycles. The zero-order valence-corrected chi connectivity index (χ0v) is 12.9. The van der Waals surface area contributed by atoms with E-state index in [0.717, 1.165) is 12.2 Å². The first-order chi connectivity index (χ1) is 9.56. The molecule has 0 radical (unpaired) electrons. The predicted molar refractivity (Wildman–Crippen MR) is 83.7 cm³/mol. The Kier molecular flexibility index (Phi) is 5.02. The first kappa shape index (κ1) is 14.9. The number of furan rings is 1. The predicted octanol–water partition coefficient (Wildman–Crippen LogP) is 4.89. The molecule has 0 spiro atoms.